The molecule has 2 aromatic rings. The van der Waals surface area contributed by atoms with Gasteiger partial charge in [0.1, 0.15) is 6.61 Å². The lowest BCUT2D eigenvalue weighted by Gasteiger charge is -2.33. The van der Waals surface area contributed by atoms with E-state index in [0.717, 1.165) is 12.0 Å². The number of hydrogen-bond donors (Lipinski definition) is 0. The Morgan fingerprint density at radius 2 is 1.96 bits per heavy atom. The SMILES string of the molecule is CC(C)C(=O)OC[C@H]1C[C@@H](Cl)C[C@@H](c2ccc3ccccc3c2)O1. The van der Waals surface area contributed by atoms with Gasteiger partial charge in [0.05, 0.1) is 18.1 Å². The van der Waals surface area contributed by atoms with Gasteiger partial charge in [-0.3, -0.25) is 4.79 Å². The predicted octanol–water partition coefficient (Wildman–Crippen LogP) is 4.87. The Kier molecular flexibility index (Phi) is 5.42. The van der Waals surface area contributed by atoms with Crippen LogP contribution in [0.15, 0.2) is 42.5 Å². The first-order valence-corrected chi connectivity index (χ1v) is 8.91. The van der Waals surface area contributed by atoms with E-state index in [1.165, 1.54) is 10.8 Å². The Morgan fingerprint density at radius 3 is 2.71 bits per heavy atom. The number of benzene rings is 2. The van der Waals surface area contributed by atoms with Gasteiger partial charge < -0.3 is 9.47 Å². The van der Waals surface area contributed by atoms with Crippen molar-refractivity contribution in [1.82, 2.24) is 0 Å². The summed E-state index contributed by atoms with van der Waals surface area (Å²) in [5.74, 6) is -0.325. The molecule has 0 saturated carbocycles. The highest BCUT2D eigenvalue weighted by atomic mass is 35.5. The predicted molar refractivity (Wildman–Crippen MR) is 96.2 cm³/mol. The maximum absolute atomic E-state index is 11.7. The second-order valence-corrected chi connectivity index (χ2v) is 7.32. The normalized spacial score (nSPS) is 24.2. The van der Waals surface area contributed by atoms with E-state index in [0.29, 0.717) is 6.42 Å². The molecular formula is C20H23ClO3. The minimum absolute atomic E-state index is 0.0259. The maximum atomic E-state index is 11.7. The fraction of sp³-hybridized carbons (Fsp3) is 0.450. The summed E-state index contributed by atoms with van der Waals surface area (Å²) < 4.78 is 11.5. The molecule has 2 aromatic carbocycles. The molecule has 1 heterocycles. The zero-order chi connectivity index (χ0) is 17.1. The monoisotopic (exact) mass is 346 g/mol. The summed E-state index contributed by atoms with van der Waals surface area (Å²) in [5, 5.41) is 2.43. The van der Waals surface area contributed by atoms with Crippen LogP contribution in [0.5, 0.6) is 0 Å². The lowest BCUT2D eigenvalue weighted by atomic mass is 9.96. The van der Waals surface area contributed by atoms with Crippen molar-refractivity contribution in [3.8, 4) is 0 Å². The van der Waals surface area contributed by atoms with E-state index in [1.54, 1.807) is 0 Å². The zero-order valence-electron chi connectivity index (χ0n) is 14.1. The third kappa shape index (κ3) is 4.08. The molecule has 0 aliphatic carbocycles. The number of hydrogen-bond acceptors (Lipinski definition) is 3. The van der Waals surface area contributed by atoms with E-state index in [-0.39, 0.29) is 36.1 Å². The second kappa shape index (κ2) is 7.54. The van der Waals surface area contributed by atoms with Crippen molar-refractivity contribution in [2.24, 2.45) is 5.92 Å². The molecule has 128 valence electrons. The summed E-state index contributed by atoms with van der Waals surface area (Å²) in [5.41, 5.74) is 1.12. The maximum Gasteiger partial charge on any atom is 0.308 e. The van der Waals surface area contributed by atoms with Crippen molar-refractivity contribution in [3.05, 3.63) is 48.0 Å². The van der Waals surface area contributed by atoms with Crippen LogP contribution in [0.2, 0.25) is 0 Å². The standard InChI is InChI=1S/C20H23ClO3/c1-13(2)20(22)23-12-18-10-17(21)11-19(24-18)16-8-7-14-5-3-4-6-15(14)9-16/h3-9,13,17-19H,10-12H2,1-2H3/t17-,18-,19+/m1/s1. The minimum Gasteiger partial charge on any atom is -0.463 e. The van der Waals surface area contributed by atoms with Crippen LogP contribution in [0.25, 0.3) is 10.8 Å². The van der Waals surface area contributed by atoms with Gasteiger partial charge in [-0.2, -0.15) is 0 Å². The van der Waals surface area contributed by atoms with E-state index in [4.69, 9.17) is 21.1 Å². The Balaban J connectivity index is 1.71. The molecule has 3 atom stereocenters. The summed E-state index contributed by atoms with van der Waals surface area (Å²) >= 11 is 6.43. The third-order valence-electron chi connectivity index (χ3n) is 4.37. The Labute approximate surface area is 147 Å². The first-order valence-electron chi connectivity index (χ1n) is 8.48. The molecule has 1 aliphatic heterocycles. The molecule has 24 heavy (non-hydrogen) atoms. The number of ether oxygens (including phenoxy) is 2. The van der Waals surface area contributed by atoms with Crippen LogP contribution >= 0.6 is 11.6 Å². The largest absolute Gasteiger partial charge is 0.463 e. The number of rotatable bonds is 4. The topological polar surface area (TPSA) is 35.5 Å². The van der Waals surface area contributed by atoms with Gasteiger partial charge in [-0.05, 0) is 35.2 Å². The fourth-order valence-corrected chi connectivity index (χ4v) is 3.39. The average molecular weight is 347 g/mol. The van der Waals surface area contributed by atoms with Crippen LogP contribution in [0.1, 0.15) is 38.4 Å². The molecule has 1 fully saturated rings. The summed E-state index contributed by atoms with van der Waals surface area (Å²) in [6, 6.07) is 14.6. The van der Waals surface area contributed by atoms with Crippen LogP contribution in [0, 0.1) is 5.92 Å². The van der Waals surface area contributed by atoms with Gasteiger partial charge >= 0.3 is 5.97 Å². The molecule has 4 heteroatoms. The van der Waals surface area contributed by atoms with Gasteiger partial charge in [0.2, 0.25) is 0 Å². The van der Waals surface area contributed by atoms with Crippen molar-refractivity contribution in [1.29, 1.82) is 0 Å². The molecule has 1 saturated heterocycles. The van der Waals surface area contributed by atoms with Crippen molar-refractivity contribution in [2.75, 3.05) is 6.61 Å². The second-order valence-electron chi connectivity index (χ2n) is 6.71. The molecule has 0 aromatic heterocycles. The van der Waals surface area contributed by atoms with Crippen LogP contribution < -0.4 is 0 Å². The molecule has 0 amide bonds. The summed E-state index contributed by atoms with van der Waals surface area (Å²) in [4.78, 5) is 11.7. The highest BCUT2D eigenvalue weighted by Gasteiger charge is 2.30. The number of alkyl halides is 1. The van der Waals surface area contributed by atoms with Gasteiger partial charge in [-0.15, -0.1) is 11.6 Å². The van der Waals surface area contributed by atoms with Crippen LogP contribution in [-0.4, -0.2) is 24.1 Å². The summed E-state index contributed by atoms with van der Waals surface area (Å²) in [6.07, 6.45) is 1.26. The Morgan fingerprint density at radius 1 is 1.21 bits per heavy atom. The van der Waals surface area contributed by atoms with E-state index in [1.807, 2.05) is 26.0 Å². The van der Waals surface area contributed by atoms with E-state index in [9.17, 15) is 4.79 Å². The Hall–Kier alpha value is -1.58. The van der Waals surface area contributed by atoms with Gasteiger partial charge in [0.15, 0.2) is 0 Å². The highest BCUT2D eigenvalue weighted by molar-refractivity contribution is 6.20. The van der Waals surface area contributed by atoms with E-state index >= 15 is 0 Å². The lowest BCUT2D eigenvalue weighted by Crippen LogP contribution is -2.33. The first-order chi connectivity index (χ1) is 11.5. The molecule has 0 unspecified atom stereocenters. The van der Waals surface area contributed by atoms with Crippen molar-refractivity contribution >= 4 is 28.3 Å². The average Bonchev–Trinajstić information content (AvgIpc) is 2.58. The number of carbonyl (C=O) groups is 1. The van der Waals surface area contributed by atoms with Gasteiger partial charge in [0, 0.05) is 5.38 Å². The smallest absolute Gasteiger partial charge is 0.308 e. The molecule has 0 bridgehead atoms. The first kappa shape index (κ1) is 17.2. The van der Waals surface area contributed by atoms with Gasteiger partial charge in [-0.1, -0.05) is 50.2 Å². The van der Waals surface area contributed by atoms with Crippen molar-refractivity contribution < 1.29 is 14.3 Å². The molecule has 0 N–H and O–H groups in total. The number of esters is 1. The van der Waals surface area contributed by atoms with Crippen LogP contribution in [0.4, 0.5) is 0 Å². The fourth-order valence-electron chi connectivity index (χ4n) is 3.03. The van der Waals surface area contributed by atoms with E-state index < -0.39 is 0 Å². The van der Waals surface area contributed by atoms with Crippen LogP contribution in [-0.2, 0) is 14.3 Å². The molecule has 0 spiro atoms. The molecule has 0 radical (unpaired) electrons. The quantitative estimate of drug-likeness (QED) is 0.585. The third-order valence-corrected chi connectivity index (χ3v) is 4.73. The van der Waals surface area contributed by atoms with Gasteiger partial charge in [0.25, 0.3) is 0 Å². The van der Waals surface area contributed by atoms with E-state index in [2.05, 4.69) is 30.3 Å². The number of carbonyl (C=O) groups excluding carboxylic acids is 1. The van der Waals surface area contributed by atoms with Crippen molar-refractivity contribution in [3.63, 3.8) is 0 Å². The lowest BCUT2D eigenvalue weighted by molar-refractivity contribution is -0.155. The molecule has 3 nitrogen and oxygen atoms in total. The van der Waals surface area contributed by atoms with Crippen molar-refractivity contribution in [2.45, 2.75) is 44.3 Å². The number of halogens is 1. The van der Waals surface area contributed by atoms with Crippen LogP contribution in [0.3, 0.4) is 0 Å². The highest BCUT2D eigenvalue weighted by Crippen LogP contribution is 2.35. The molecular weight excluding hydrogens is 324 g/mol. The number of fused-ring (bicyclic) bond motifs is 1. The molecule has 3 rings (SSSR count). The Bertz CT molecular complexity index is 713. The summed E-state index contributed by atoms with van der Waals surface area (Å²) in [7, 11) is 0. The van der Waals surface area contributed by atoms with Gasteiger partial charge in [-0.25, -0.2) is 0 Å². The minimum atomic E-state index is -0.197. The zero-order valence-corrected chi connectivity index (χ0v) is 14.8. The molecule has 1 aliphatic rings. The summed E-state index contributed by atoms with van der Waals surface area (Å²) in [6.45, 7) is 3.92.